The van der Waals surface area contributed by atoms with Gasteiger partial charge >= 0.3 is 6.09 Å². The van der Waals surface area contributed by atoms with Gasteiger partial charge in [0.25, 0.3) is 5.56 Å². The first-order chi connectivity index (χ1) is 16.1. The van der Waals surface area contributed by atoms with Gasteiger partial charge in [0, 0.05) is 37.8 Å². The lowest BCUT2D eigenvalue weighted by Crippen LogP contribution is -2.44. The summed E-state index contributed by atoms with van der Waals surface area (Å²) >= 11 is 0. The number of fused-ring (bicyclic) bond motifs is 1. The van der Waals surface area contributed by atoms with Crippen LogP contribution in [0.2, 0.25) is 0 Å². The van der Waals surface area contributed by atoms with E-state index in [1.807, 2.05) is 45.9 Å². The summed E-state index contributed by atoms with van der Waals surface area (Å²) < 4.78 is 12.4. The molecular weight excluding hydrogens is 436 g/mol. The van der Waals surface area contributed by atoms with Crippen molar-refractivity contribution in [2.24, 2.45) is 7.05 Å². The number of alkyl carbamates (subject to hydrolysis) is 1. The number of ether oxygens (including phenoxy) is 2. The molecule has 1 amide bonds. The van der Waals surface area contributed by atoms with Crippen molar-refractivity contribution in [3.8, 4) is 11.4 Å². The van der Waals surface area contributed by atoms with Gasteiger partial charge in [-0.2, -0.15) is 0 Å². The van der Waals surface area contributed by atoms with Crippen LogP contribution >= 0.6 is 0 Å². The van der Waals surface area contributed by atoms with Gasteiger partial charge in [0.1, 0.15) is 5.60 Å². The number of anilines is 1. The van der Waals surface area contributed by atoms with E-state index in [9.17, 15) is 9.59 Å². The molecule has 0 aromatic carbocycles. The predicted octanol–water partition coefficient (Wildman–Crippen LogP) is 2.64. The third-order valence-electron chi connectivity index (χ3n) is 5.34. The predicted molar refractivity (Wildman–Crippen MR) is 129 cm³/mol. The first kappa shape index (κ1) is 23.6. The Kier molecular flexibility index (Phi) is 6.52. The van der Waals surface area contributed by atoms with Crippen LogP contribution in [0.1, 0.15) is 33.4 Å². The van der Waals surface area contributed by atoms with Crippen LogP contribution < -0.4 is 15.8 Å². The summed E-state index contributed by atoms with van der Waals surface area (Å²) in [4.78, 5) is 40.6. The maximum absolute atomic E-state index is 12.7. The largest absolute Gasteiger partial charge is 0.444 e. The van der Waals surface area contributed by atoms with Crippen molar-refractivity contribution in [1.29, 1.82) is 0 Å². The van der Waals surface area contributed by atoms with Crippen molar-refractivity contribution >= 4 is 22.9 Å². The van der Waals surface area contributed by atoms with Crippen LogP contribution in [-0.4, -0.2) is 57.0 Å². The third kappa shape index (κ3) is 5.51. The normalized spacial score (nSPS) is 16.5. The minimum absolute atomic E-state index is 0.0633. The van der Waals surface area contributed by atoms with E-state index in [4.69, 9.17) is 19.4 Å². The van der Waals surface area contributed by atoms with Crippen LogP contribution in [0, 0.1) is 0 Å². The van der Waals surface area contributed by atoms with Crippen molar-refractivity contribution in [2.45, 2.75) is 45.9 Å². The fourth-order valence-corrected chi connectivity index (χ4v) is 3.72. The Labute approximate surface area is 197 Å². The molecule has 1 fully saturated rings. The van der Waals surface area contributed by atoms with Crippen molar-refractivity contribution in [2.75, 3.05) is 24.6 Å². The lowest BCUT2D eigenvalue weighted by atomic mass is 10.2. The van der Waals surface area contributed by atoms with Crippen LogP contribution in [0.5, 0.6) is 0 Å². The third-order valence-corrected chi connectivity index (χ3v) is 5.34. The number of rotatable bonds is 4. The highest BCUT2D eigenvalue weighted by Gasteiger charge is 2.21. The molecule has 0 spiro atoms. The molecule has 1 atom stereocenters. The zero-order valence-electron chi connectivity index (χ0n) is 20.2. The number of nitrogens with zero attached hydrogens (tertiary/aromatic N) is 5. The average molecular weight is 467 g/mol. The lowest BCUT2D eigenvalue weighted by Gasteiger charge is -2.32. The maximum atomic E-state index is 12.7. The molecule has 1 aliphatic heterocycles. The van der Waals surface area contributed by atoms with Gasteiger partial charge in [-0.25, -0.2) is 14.8 Å². The Morgan fingerprint density at radius 1 is 1.24 bits per heavy atom. The molecule has 0 aliphatic carbocycles. The fraction of sp³-hybridized carbons (Fsp3) is 0.458. The van der Waals surface area contributed by atoms with Crippen molar-refractivity contribution in [1.82, 2.24) is 24.8 Å². The molecular formula is C24H30N6O4. The zero-order valence-corrected chi connectivity index (χ0v) is 20.2. The molecule has 0 radical (unpaired) electrons. The Morgan fingerprint density at radius 2 is 2.03 bits per heavy atom. The topological polar surface area (TPSA) is 111 Å². The Balaban J connectivity index is 1.61. The van der Waals surface area contributed by atoms with E-state index < -0.39 is 11.7 Å². The van der Waals surface area contributed by atoms with Crippen LogP contribution in [0.3, 0.4) is 0 Å². The van der Waals surface area contributed by atoms with Gasteiger partial charge in [0.2, 0.25) is 5.95 Å². The second kappa shape index (κ2) is 9.38. The van der Waals surface area contributed by atoms with Crippen LogP contribution in [0.25, 0.3) is 22.3 Å². The minimum atomic E-state index is -0.574. The molecule has 4 rings (SSSR count). The van der Waals surface area contributed by atoms with E-state index in [2.05, 4.69) is 15.2 Å². The summed E-state index contributed by atoms with van der Waals surface area (Å²) in [5, 5.41) is 3.55. The highest BCUT2D eigenvalue weighted by Crippen LogP contribution is 2.22. The van der Waals surface area contributed by atoms with Gasteiger partial charge < -0.3 is 19.7 Å². The lowest BCUT2D eigenvalue weighted by molar-refractivity contribution is 0.0519. The number of pyridine rings is 2. The van der Waals surface area contributed by atoms with Gasteiger partial charge in [0.15, 0.2) is 0 Å². The summed E-state index contributed by atoms with van der Waals surface area (Å²) in [5.41, 5.74) is 1.70. The summed E-state index contributed by atoms with van der Waals surface area (Å²) in [5.74, 6) is 0.594. The molecule has 0 unspecified atom stereocenters. The highest BCUT2D eigenvalue weighted by atomic mass is 16.6. The number of nitrogens with one attached hydrogen (secondary N) is 1. The second-order valence-corrected chi connectivity index (χ2v) is 9.39. The van der Waals surface area contributed by atoms with Gasteiger partial charge in [-0.05, 0) is 45.9 Å². The van der Waals surface area contributed by atoms with Crippen LogP contribution in [0.15, 0.2) is 35.3 Å². The molecule has 34 heavy (non-hydrogen) atoms. The number of aromatic nitrogens is 4. The summed E-state index contributed by atoms with van der Waals surface area (Å²) in [6.07, 6.45) is 1.26. The first-order valence-corrected chi connectivity index (χ1v) is 11.3. The van der Waals surface area contributed by atoms with Gasteiger partial charge in [-0.15, -0.1) is 0 Å². The molecule has 180 valence electrons. The van der Waals surface area contributed by atoms with Gasteiger partial charge in [-0.3, -0.25) is 14.3 Å². The molecule has 1 aliphatic rings. The van der Waals surface area contributed by atoms with Crippen LogP contribution in [0.4, 0.5) is 10.7 Å². The highest BCUT2D eigenvalue weighted by molar-refractivity contribution is 5.80. The Bertz CT molecular complexity index is 1270. The maximum Gasteiger partial charge on any atom is 0.407 e. The van der Waals surface area contributed by atoms with E-state index in [1.165, 1.54) is 6.07 Å². The molecule has 10 heteroatoms. The zero-order chi connectivity index (χ0) is 24.5. The van der Waals surface area contributed by atoms with Gasteiger partial charge in [-0.1, -0.05) is 0 Å². The molecule has 0 bridgehead atoms. The summed E-state index contributed by atoms with van der Waals surface area (Å²) in [6, 6.07) is 7.02. The number of morpholine rings is 1. The number of hydrogen-bond donors (Lipinski definition) is 1. The fourth-order valence-electron chi connectivity index (χ4n) is 3.72. The van der Waals surface area contributed by atoms with E-state index >= 15 is 0 Å². The van der Waals surface area contributed by atoms with Gasteiger partial charge in [0.05, 0.1) is 41.9 Å². The van der Waals surface area contributed by atoms with Crippen LogP contribution in [-0.2, 0) is 23.1 Å². The average Bonchev–Trinajstić information content (AvgIpc) is 2.77. The second-order valence-electron chi connectivity index (χ2n) is 9.39. The quantitative estimate of drug-likeness (QED) is 0.625. The molecule has 0 saturated carbocycles. The Hall–Kier alpha value is -3.53. The summed E-state index contributed by atoms with van der Waals surface area (Å²) in [6.45, 7) is 9.55. The van der Waals surface area contributed by atoms with E-state index in [0.717, 1.165) is 5.39 Å². The summed E-state index contributed by atoms with van der Waals surface area (Å²) in [7, 11) is 1.72. The minimum Gasteiger partial charge on any atom is -0.444 e. The Morgan fingerprint density at radius 3 is 2.76 bits per heavy atom. The standard InChI is InChI=1S/C24H30N6O4/c1-15-14-30(8-9-33-15)22-28-20(11-21(31)29(22)5)18-7-6-16-12-25-17(10-19(16)27-18)13-26-23(32)34-24(2,3)4/h6-7,10-12,15H,8-9,13-14H2,1-5H3,(H,26,32)/t15-/m1/s1. The van der Waals surface area contributed by atoms with Crippen molar-refractivity contribution < 1.29 is 14.3 Å². The molecule has 1 saturated heterocycles. The van der Waals surface area contributed by atoms with Crippen molar-refractivity contribution in [3.05, 3.63) is 46.5 Å². The number of carbonyl (C=O) groups is 1. The molecule has 10 nitrogen and oxygen atoms in total. The number of hydrogen-bond acceptors (Lipinski definition) is 8. The first-order valence-electron chi connectivity index (χ1n) is 11.3. The smallest absolute Gasteiger partial charge is 0.407 e. The SMILES string of the molecule is C[C@@H]1CN(c2nc(-c3ccc4cnc(CNC(=O)OC(C)(C)C)cc4n3)cc(=O)n2C)CCO1. The molecule has 3 aromatic heterocycles. The van der Waals surface area contributed by atoms with Crippen molar-refractivity contribution in [3.63, 3.8) is 0 Å². The van der Waals surface area contributed by atoms with E-state index in [1.54, 1.807) is 17.8 Å². The monoisotopic (exact) mass is 466 g/mol. The van der Waals surface area contributed by atoms with E-state index in [-0.39, 0.29) is 18.2 Å². The molecule has 1 N–H and O–H groups in total. The number of carbonyl (C=O) groups excluding carboxylic acids is 1. The number of amides is 1. The van der Waals surface area contributed by atoms with E-state index in [0.29, 0.717) is 48.2 Å². The molecule has 4 heterocycles. The molecule has 3 aromatic rings.